The topological polar surface area (TPSA) is 59.0 Å². The Morgan fingerprint density at radius 1 is 1.12 bits per heavy atom. The van der Waals surface area contributed by atoms with Crippen molar-refractivity contribution in [2.24, 2.45) is 11.3 Å². The maximum Gasteiger partial charge on any atom is 0.316 e. The zero-order chi connectivity index (χ0) is 20.3. The molecule has 1 unspecified atom stereocenters. The highest BCUT2D eigenvalue weighted by atomic mass is 28.4. The molecule has 0 aromatic rings. The number of hydrogen-bond donors (Lipinski definition) is 1. The number of ether oxygens (including phenoxy) is 1. The minimum atomic E-state index is -2.85. The highest BCUT2D eigenvalue weighted by Gasteiger charge is 2.49. The molecule has 26 heavy (non-hydrogen) atoms. The second-order valence-electron chi connectivity index (χ2n) is 10.3. The summed E-state index contributed by atoms with van der Waals surface area (Å²) in [4.78, 5) is 15.4. The second-order valence-corrected chi connectivity index (χ2v) is 13.8. The van der Waals surface area contributed by atoms with E-state index in [9.17, 15) is 9.90 Å². The number of aliphatic hydroxyl groups is 1. The van der Waals surface area contributed by atoms with Crippen LogP contribution >= 0.6 is 0 Å². The van der Waals surface area contributed by atoms with Gasteiger partial charge in [-0.05, 0) is 58.5 Å². The lowest BCUT2D eigenvalue weighted by Gasteiger charge is -2.41. The van der Waals surface area contributed by atoms with Gasteiger partial charge in [-0.3, -0.25) is 9.69 Å². The van der Waals surface area contributed by atoms with Crippen molar-refractivity contribution in [3.05, 3.63) is 0 Å². The van der Waals surface area contributed by atoms with E-state index in [1.54, 1.807) is 6.92 Å². The van der Waals surface area contributed by atoms with Crippen molar-refractivity contribution in [1.29, 1.82) is 0 Å². The number of rotatable bonds is 7. The Morgan fingerprint density at radius 2 is 1.62 bits per heavy atom. The van der Waals surface area contributed by atoms with E-state index < -0.39 is 20.0 Å². The number of aliphatic hydroxyl groups excluding tert-OH is 1. The molecule has 0 spiro atoms. The number of carbonyl (C=O) groups is 1. The molecule has 0 amide bonds. The van der Waals surface area contributed by atoms with E-state index in [0.717, 1.165) is 25.9 Å². The first-order chi connectivity index (χ1) is 11.6. The SMILES string of the molecule is C[C@@H]([C@@H](O[Si](C)(CC(C)(C)C)C(=O)OC(C)(C)C)N1CCCC1)[C@@H](C)O. The smallest absolute Gasteiger partial charge is 0.316 e. The van der Waals surface area contributed by atoms with E-state index in [0.29, 0.717) is 6.04 Å². The van der Waals surface area contributed by atoms with Crippen molar-refractivity contribution in [3.8, 4) is 0 Å². The minimum Gasteiger partial charge on any atom is -0.462 e. The molecule has 1 N–H and O–H groups in total. The fourth-order valence-electron chi connectivity index (χ4n) is 3.58. The number of carbonyl (C=O) groups excluding carboxylic acids is 1. The summed E-state index contributed by atoms with van der Waals surface area (Å²) < 4.78 is 12.4. The van der Waals surface area contributed by atoms with E-state index in [1.165, 1.54) is 0 Å². The molecule has 0 bridgehead atoms. The van der Waals surface area contributed by atoms with Crippen LogP contribution in [-0.4, -0.2) is 54.9 Å². The van der Waals surface area contributed by atoms with Crippen LogP contribution in [0.15, 0.2) is 0 Å². The number of hydrogen-bond acceptors (Lipinski definition) is 5. The Balaban J connectivity index is 3.15. The Hall–Kier alpha value is -0.433. The summed E-state index contributed by atoms with van der Waals surface area (Å²) in [6.45, 7) is 19.8. The van der Waals surface area contributed by atoms with Gasteiger partial charge in [0.1, 0.15) is 11.8 Å². The van der Waals surface area contributed by atoms with Crippen molar-refractivity contribution in [3.63, 3.8) is 0 Å². The molecule has 0 aliphatic carbocycles. The monoisotopic (exact) mass is 387 g/mol. The molecule has 1 aliphatic rings. The normalized spacial score (nSPS) is 22.5. The van der Waals surface area contributed by atoms with Crippen LogP contribution in [0.1, 0.15) is 68.2 Å². The fraction of sp³-hybridized carbons (Fsp3) is 0.950. The van der Waals surface area contributed by atoms with Gasteiger partial charge in [-0.1, -0.05) is 27.7 Å². The lowest BCUT2D eigenvalue weighted by atomic mass is 10.0. The minimum absolute atomic E-state index is 0.0402. The standard InChI is InChI=1S/C20H41NO4Si/c1-15(16(2)22)17(21-12-10-11-13-21)25-26(9,14-19(3,4)5)18(23)24-20(6,7)8/h15-17,22H,10-14H2,1-9H3/t15-,16-,17-,26?/m1/s1. The summed E-state index contributed by atoms with van der Waals surface area (Å²) >= 11 is 0. The molecule has 154 valence electrons. The zero-order valence-electron chi connectivity index (χ0n) is 18.4. The van der Waals surface area contributed by atoms with Gasteiger partial charge in [0.2, 0.25) is 0 Å². The lowest BCUT2D eigenvalue weighted by molar-refractivity contribution is -0.0503. The van der Waals surface area contributed by atoms with Crippen LogP contribution in [0.2, 0.25) is 12.6 Å². The second kappa shape index (κ2) is 8.72. The van der Waals surface area contributed by atoms with Gasteiger partial charge in [0.15, 0.2) is 0 Å². The first-order valence-electron chi connectivity index (χ1n) is 9.98. The van der Waals surface area contributed by atoms with Crippen molar-refractivity contribution in [2.75, 3.05) is 13.1 Å². The van der Waals surface area contributed by atoms with E-state index >= 15 is 0 Å². The van der Waals surface area contributed by atoms with Crippen LogP contribution in [0.25, 0.3) is 0 Å². The highest BCUT2D eigenvalue weighted by molar-refractivity contribution is 6.99. The summed E-state index contributed by atoms with van der Waals surface area (Å²) in [5, 5.41) is 10.2. The molecular formula is C20H41NO4Si. The van der Waals surface area contributed by atoms with Crippen molar-refractivity contribution >= 4 is 13.9 Å². The number of likely N-dealkylation sites (tertiary alicyclic amines) is 1. The predicted molar refractivity (Wildman–Crippen MR) is 109 cm³/mol. The zero-order valence-corrected chi connectivity index (χ0v) is 19.4. The Labute approximate surface area is 161 Å². The molecule has 1 saturated heterocycles. The third-order valence-electron chi connectivity index (χ3n) is 4.79. The maximum absolute atomic E-state index is 13.1. The molecule has 5 nitrogen and oxygen atoms in total. The summed E-state index contributed by atoms with van der Waals surface area (Å²) in [6, 6.07) is 0.686. The van der Waals surface area contributed by atoms with E-state index in [-0.39, 0.29) is 23.2 Å². The highest BCUT2D eigenvalue weighted by Crippen LogP contribution is 2.34. The molecule has 0 saturated carbocycles. The largest absolute Gasteiger partial charge is 0.462 e. The van der Waals surface area contributed by atoms with E-state index in [1.807, 2.05) is 34.2 Å². The molecule has 1 rings (SSSR count). The van der Waals surface area contributed by atoms with Gasteiger partial charge in [-0.2, -0.15) is 0 Å². The first-order valence-corrected chi connectivity index (χ1v) is 12.6. The molecule has 0 aromatic carbocycles. The quantitative estimate of drug-likeness (QED) is 0.648. The maximum atomic E-state index is 13.1. The van der Waals surface area contributed by atoms with Gasteiger partial charge in [0.25, 0.3) is 0 Å². The van der Waals surface area contributed by atoms with Gasteiger partial charge in [0, 0.05) is 19.0 Å². The Bertz CT molecular complexity index is 461. The number of nitrogens with zero attached hydrogens (tertiary/aromatic N) is 1. The predicted octanol–water partition coefficient (Wildman–Crippen LogP) is 4.58. The van der Waals surface area contributed by atoms with Crippen LogP contribution in [-0.2, 0) is 9.16 Å². The third kappa shape index (κ3) is 7.29. The molecule has 1 heterocycles. The lowest BCUT2D eigenvalue weighted by Crippen LogP contribution is -2.56. The van der Waals surface area contributed by atoms with Gasteiger partial charge >= 0.3 is 13.9 Å². The molecule has 1 fully saturated rings. The Morgan fingerprint density at radius 3 is 2.00 bits per heavy atom. The van der Waals surface area contributed by atoms with Crippen molar-refractivity contribution in [1.82, 2.24) is 4.90 Å². The molecule has 6 heteroatoms. The first kappa shape index (κ1) is 23.6. The average molecular weight is 388 g/mol. The van der Waals surface area contributed by atoms with Crippen molar-refractivity contribution < 1.29 is 19.1 Å². The summed E-state index contributed by atoms with van der Waals surface area (Å²) in [6.07, 6.45) is 1.53. The van der Waals surface area contributed by atoms with E-state index in [2.05, 4.69) is 25.7 Å². The van der Waals surface area contributed by atoms with Crippen LogP contribution in [0.4, 0.5) is 4.79 Å². The summed E-state index contributed by atoms with van der Waals surface area (Å²) in [7, 11) is -2.85. The van der Waals surface area contributed by atoms with Crippen LogP contribution in [0.5, 0.6) is 0 Å². The molecule has 4 atom stereocenters. The molecule has 0 radical (unpaired) electrons. The summed E-state index contributed by atoms with van der Waals surface area (Å²) in [5.74, 6) is -0.0673. The fourth-order valence-corrected chi connectivity index (χ4v) is 7.34. The molecular weight excluding hydrogens is 346 g/mol. The van der Waals surface area contributed by atoms with Crippen LogP contribution in [0, 0.1) is 11.3 Å². The van der Waals surface area contributed by atoms with Crippen molar-refractivity contribution in [2.45, 2.75) is 98.8 Å². The van der Waals surface area contributed by atoms with Gasteiger partial charge in [0.05, 0.1) is 6.10 Å². The summed E-state index contributed by atoms with van der Waals surface area (Å²) in [5.41, 5.74) is -0.769. The van der Waals surface area contributed by atoms with Crippen LogP contribution in [0.3, 0.4) is 0 Å². The van der Waals surface area contributed by atoms with Gasteiger partial charge < -0.3 is 14.3 Å². The average Bonchev–Trinajstić information content (AvgIpc) is 2.94. The third-order valence-corrected chi connectivity index (χ3v) is 8.25. The molecule has 0 aromatic heterocycles. The van der Waals surface area contributed by atoms with E-state index in [4.69, 9.17) is 9.16 Å². The van der Waals surface area contributed by atoms with Gasteiger partial charge in [-0.25, -0.2) is 0 Å². The van der Waals surface area contributed by atoms with Crippen LogP contribution < -0.4 is 0 Å². The molecule has 1 aliphatic heterocycles. The Kier molecular flexibility index (Phi) is 7.91. The van der Waals surface area contributed by atoms with Gasteiger partial charge in [-0.15, -0.1) is 0 Å².